The van der Waals surface area contributed by atoms with Crippen LogP contribution in [0.5, 0.6) is 0 Å². The third-order valence-corrected chi connectivity index (χ3v) is 3.21. The van der Waals surface area contributed by atoms with Gasteiger partial charge in [-0.1, -0.05) is 13.8 Å². The Balaban J connectivity index is 2.74. The lowest BCUT2D eigenvalue weighted by atomic mass is 9.95. The summed E-state index contributed by atoms with van der Waals surface area (Å²) in [6.45, 7) is 4.31. The van der Waals surface area contributed by atoms with Crippen molar-refractivity contribution in [3.8, 4) is 0 Å². The maximum absolute atomic E-state index is 6.00. The van der Waals surface area contributed by atoms with Gasteiger partial charge in [0.25, 0.3) is 0 Å². The quantitative estimate of drug-likeness (QED) is 0.758. The molecule has 0 saturated heterocycles. The minimum Gasteiger partial charge on any atom is -0.378 e. The van der Waals surface area contributed by atoms with Crippen molar-refractivity contribution >= 4 is 17.3 Å². The minimum absolute atomic E-state index is 0.0168. The molecule has 1 N–H and O–H groups in total. The Morgan fingerprint density at radius 1 is 1.29 bits per heavy atom. The number of aromatic nitrogens is 1. The van der Waals surface area contributed by atoms with Gasteiger partial charge in [0.05, 0.1) is 5.54 Å². The molecule has 0 spiro atoms. The summed E-state index contributed by atoms with van der Waals surface area (Å²) in [6, 6.07) is 3.93. The number of nitrogens with zero attached hydrogens (tertiary/aromatic N) is 1. The lowest BCUT2D eigenvalue weighted by Gasteiger charge is -2.31. The van der Waals surface area contributed by atoms with Gasteiger partial charge in [0, 0.05) is 24.0 Å². The Kier molecular flexibility index (Phi) is 4.21. The van der Waals surface area contributed by atoms with Crippen molar-refractivity contribution in [2.75, 3.05) is 11.2 Å². The van der Waals surface area contributed by atoms with Gasteiger partial charge in [-0.25, -0.2) is 0 Å². The number of anilines is 1. The number of alkyl halides is 1. The monoisotopic (exact) mass is 212 g/mol. The molecule has 0 fully saturated rings. The highest BCUT2D eigenvalue weighted by atomic mass is 35.5. The zero-order valence-corrected chi connectivity index (χ0v) is 9.51. The van der Waals surface area contributed by atoms with E-state index in [4.69, 9.17) is 11.6 Å². The highest BCUT2D eigenvalue weighted by Gasteiger charge is 2.24. The van der Waals surface area contributed by atoms with Crippen molar-refractivity contribution in [2.45, 2.75) is 32.2 Å². The number of halogens is 1. The number of hydrogen-bond acceptors (Lipinski definition) is 2. The van der Waals surface area contributed by atoms with Gasteiger partial charge in [0.2, 0.25) is 0 Å². The lowest BCUT2D eigenvalue weighted by molar-refractivity contribution is 0.484. The summed E-state index contributed by atoms with van der Waals surface area (Å²) in [5.41, 5.74) is 1.10. The van der Waals surface area contributed by atoms with E-state index < -0.39 is 0 Å². The van der Waals surface area contributed by atoms with E-state index in [2.05, 4.69) is 24.1 Å². The highest BCUT2D eigenvalue weighted by molar-refractivity contribution is 6.18. The Morgan fingerprint density at radius 2 is 1.86 bits per heavy atom. The first kappa shape index (κ1) is 11.3. The standard InChI is InChI=1S/C11H17ClN2/c1-3-11(4-2,9-12)14-10-5-7-13-8-6-10/h5-8H,3-4,9H2,1-2H3,(H,13,14). The van der Waals surface area contributed by atoms with Crippen LogP contribution in [-0.2, 0) is 0 Å². The number of pyridine rings is 1. The third-order valence-electron chi connectivity index (χ3n) is 2.70. The maximum Gasteiger partial charge on any atom is 0.0503 e. The first-order chi connectivity index (χ1) is 6.76. The van der Waals surface area contributed by atoms with E-state index in [1.165, 1.54) is 0 Å². The topological polar surface area (TPSA) is 24.9 Å². The summed E-state index contributed by atoms with van der Waals surface area (Å²) < 4.78 is 0. The van der Waals surface area contributed by atoms with Crippen LogP contribution in [0, 0.1) is 0 Å². The molecule has 0 unspecified atom stereocenters. The molecule has 78 valence electrons. The number of nitrogens with one attached hydrogen (secondary N) is 1. The largest absolute Gasteiger partial charge is 0.378 e. The molecule has 1 rings (SSSR count). The SMILES string of the molecule is CCC(CC)(CCl)Nc1ccncc1. The second-order valence-corrected chi connectivity index (χ2v) is 3.75. The first-order valence-corrected chi connectivity index (χ1v) is 5.54. The summed E-state index contributed by atoms with van der Waals surface area (Å²) in [4.78, 5) is 3.98. The fraction of sp³-hybridized carbons (Fsp3) is 0.545. The molecule has 2 nitrogen and oxygen atoms in total. The fourth-order valence-electron chi connectivity index (χ4n) is 1.39. The van der Waals surface area contributed by atoms with Crippen LogP contribution < -0.4 is 5.32 Å². The van der Waals surface area contributed by atoms with E-state index >= 15 is 0 Å². The molecule has 0 saturated carbocycles. The zero-order chi connectivity index (χ0) is 10.4. The third kappa shape index (κ3) is 2.61. The normalized spacial score (nSPS) is 11.4. The number of hydrogen-bond donors (Lipinski definition) is 1. The summed E-state index contributed by atoms with van der Waals surface area (Å²) in [5, 5.41) is 3.47. The maximum atomic E-state index is 6.00. The van der Waals surface area contributed by atoms with Crippen molar-refractivity contribution < 1.29 is 0 Å². The molecular weight excluding hydrogens is 196 g/mol. The molecule has 0 radical (unpaired) electrons. The molecule has 0 amide bonds. The van der Waals surface area contributed by atoms with E-state index in [-0.39, 0.29) is 5.54 Å². The summed E-state index contributed by atoms with van der Waals surface area (Å²) in [6.07, 6.45) is 5.62. The second kappa shape index (κ2) is 5.20. The molecule has 0 aliphatic carbocycles. The van der Waals surface area contributed by atoms with Crippen LogP contribution in [0.25, 0.3) is 0 Å². The van der Waals surface area contributed by atoms with Crippen LogP contribution in [-0.4, -0.2) is 16.4 Å². The molecule has 1 heterocycles. The van der Waals surface area contributed by atoms with Crippen molar-refractivity contribution in [3.63, 3.8) is 0 Å². The molecule has 3 heteroatoms. The van der Waals surface area contributed by atoms with Gasteiger partial charge in [-0.05, 0) is 25.0 Å². The van der Waals surface area contributed by atoms with Gasteiger partial charge >= 0.3 is 0 Å². The zero-order valence-electron chi connectivity index (χ0n) is 8.76. The van der Waals surface area contributed by atoms with Crippen molar-refractivity contribution in [1.29, 1.82) is 0 Å². The summed E-state index contributed by atoms with van der Waals surface area (Å²) in [7, 11) is 0. The van der Waals surface area contributed by atoms with Crippen LogP contribution in [0.15, 0.2) is 24.5 Å². The van der Waals surface area contributed by atoms with Gasteiger partial charge in [-0.2, -0.15) is 0 Å². The van der Waals surface area contributed by atoms with E-state index in [9.17, 15) is 0 Å². The molecule has 1 aromatic heterocycles. The van der Waals surface area contributed by atoms with Crippen molar-refractivity contribution in [3.05, 3.63) is 24.5 Å². The number of rotatable bonds is 5. The molecule has 14 heavy (non-hydrogen) atoms. The predicted molar refractivity (Wildman–Crippen MR) is 61.9 cm³/mol. The molecule has 1 aromatic rings. The van der Waals surface area contributed by atoms with E-state index in [0.717, 1.165) is 18.5 Å². The molecule has 0 bridgehead atoms. The van der Waals surface area contributed by atoms with E-state index in [0.29, 0.717) is 5.88 Å². The van der Waals surface area contributed by atoms with Crippen LogP contribution in [0.3, 0.4) is 0 Å². The molecule has 0 aliphatic rings. The van der Waals surface area contributed by atoms with E-state index in [1.54, 1.807) is 12.4 Å². The highest BCUT2D eigenvalue weighted by Crippen LogP contribution is 2.23. The molecule has 0 aliphatic heterocycles. The Hall–Kier alpha value is -0.760. The van der Waals surface area contributed by atoms with Crippen molar-refractivity contribution in [2.24, 2.45) is 0 Å². The predicted octanol–water partition coefficient (Wildman–Crippen LogP) is 3.29. The van der Waals surface area contributed by atoms with E-state index in [1.807, 2.05) is 12.1 Å². The minimum atomic E-state index is 0.0168. The average Bonchev–Trinajstić information content (AvgIpc) is 2.28. The van der Waals surface area contributed by atoms with Gasteiger partial charge in [-0.3, -0.25) is 4.98 Å². The van der Waals surface area contributed by atoms with Gasteiger partial charge in [0.1, 0.15) is 0 Å². The molecule has 0 aromatic carbocycles. The lowest BCUT2D eigenvalue weighted by Crippen LogP contribution is -2.38. The van der Waals surface area contributed by atoms with Crippen LogP contribution >= 0.6 is 11.6 Å². The van der Waals surface area contributed by atoms with Gasteiger partial charge < -0.3 is 5.32 Å². The first-order valence-electron chi connectivity index (χ1n) is 5.00. The van der Waals surface area contributed by atoms with Gasteiger partial charge in [0.15, 0.2) is 0 Å². The Bertz CT molecular complexity index is 249. The molecular formula is C11H17ClN2. The fourth-order valence-corrected chi connectivity index (χ4v) is 1.84. The van der Waals surface area contributed by atoms with Gasteiger partial charge in [-0.15, -0.1) is 11.6 Å². The summed E-state index contributed by atoms with van der Waals surface area (Å²) in [5.74, 6) is 0.627. The van der Waals surface area contributed by atoms with Crippen LogP contribution in [0.4, 0.5) is 5.69 Å². The Morgan fingerprint density at radius 3 is 2.29 bits per heavy atom. The van der Waals surface area contributed by atoms with Crippen LogP contribution in [0.2, 0.25) is 0 Å². The smallest absolute Gasteiger partial charge is 0.0503 e. The Labute approximate surface area is 90.7 Å². The average molecular weight is 213 g/mol. The molecule has 0 atom stereocenters. The second-order valence-electron chi connectivity index (χ2n) is 3.48. The van der Waals surface area contributed by atoms with Crippen LogP contribution in [0.1, 0.15) is 26.7 Å². The summed E-state index contributed by atoms with van der Waals surface area (Å²) >= 11 is 6.00. The van der Waals surface area contributed by atoms with Crippen molar-refractivity contribution in [1.82, 2.24) is 4.98 Å².